The first kappa shape index (κ1) is 22.2. The number of hydrogen-bond donors (Lipinski definition) is 2. The zero-order chi connectivity index (χ0) is 20.7. The molecule has 1 aromatic carbocycles. The minimum atomic E-state index is -0.281. The summed E-state index contributed by atoms with van der Waals surface area (Å²) in [6, 6.07) is 5.87. The summed E-state index contributed by atoms with van der Waals surface area (Å²) in [6.45, 7) is 10.7. The van der Waals surface area contributed by atoms with E-state index >= 15 is 0 Å². The Kier molecular flexibility index (Phi) is 7.87. The number of aryl methyl sites for hydroxylation is 1. The Bertz CT molecular complexity index is 686. The number of likely N-dealkylation sites (tertiary alicyclic amines) is 1. The van der Waals surface area contributed by atoms with E-state index in [1.54, 1.807) is 0 Å². The third-order valence-corrected chi connectivity index (χ3v) is 5.43. The Hall–Kier alpha value is -2.08. The largest absolute Gasteiger partial charge is 0.494 e. The van der Waals surface area contributed by atoms with Gasteiger partial charge in [-0.25, -0.2) is 4.79 Å². The van der Waals surface area contributed by atoms with E-state index in [4.69, 9.17) is 16.2 Å². The Morgan fingerprint density at radius 1 is 1.29 bits per heavy atom. The molecule has 2 amide bonds. The number of piperidine rings is 1. The van der Waals surface area contributed by atoms with Crippen molar-refractivity contribution in [1.82, 2.24) is 4.90 Å². The highest BCUT2D eigenvalue weighted by Gasteiger charge is 2.24. The number of carbonyl (C=O) groups is 1. The number of benzene rings is 1. The highest BCUT2D eigenvalue weighted by molar-refractivity contribution is 5.95. The van der Waals surface area contributed by atoms with Gasteiger partial charge in [0.15, 0.2) is 0 Å². The average molecular weight is 389 g/mol. The molecule has 0 radical (unpaired) electrons. The van der Waals surface area contributed by atoms with Gasteiger partial charge in [0, 0.05) is 25.0 Å². The zero-order valence-corrected chi connectivity index (χ0v) is 17.8. The molecule has 6 nitrogen and oxygen atoms in total. The van der Waals surface area contributed by atoms with Crippen molar-refractivity contribution in [3.8, 4) is 5.75 Å². The van der Waals surface area contributed by atoms with E-state index in [0.717, 1.165) is 50.1 Å². The number of carbonyl (C=O) groups excluding carboxylic acids is 1. The molecule has 0 aromatic heterocycles. The van der Waals surface area contributed by atoms with Crippen LogP contribution in [0.25, 0.3) is 0 Å². The maximum absolute atomic E-state index is 12.3. The number of amidine groups is 1. The first-order valence-corrected chi connectivity index (χ1v) is 10.3. The molecule has 0 aliphatic carbocycles. The summed E-state index contributed by atoms with van der Waals surface area (Å²) in [7, 11) is 0. The topological polar surface area (TPSA) is 93.9 Å². The van der Waals surface area contributed by atoms with Crippen LogP contribution in [0.3, 0.4) is 0 Å². The molecule has 1 fully saturated rings. The number of nitrogens with zero attached hydrogens (tertiary/aromatic N) is 2. The van der Waals surface area contributed by atoms with Gasteiger partial charge in [-0.3, -0.25) is 0 Å². The Balaban J connectivity index is 1.69. The van der Waals surface area contributed by atoms with Gasteiger partial charge in [0.2, 0.25) is 0 Å². The van der Waals surface area contributed by atoms with Gasteiger partial charge < -0.3 is 21.1 Å². The second-order valence-corrected chi connectivity index (χ2v) is 8.74. The third kappa shape index (κ3) is 6.51. The van der Waals surface area contributed by atoms with E-state index in [0.29, 0.717) is 24.9 Å². The van der Waals surface area contributed by atoms with Gasteiger partial charge in [-0.15, -0.1) is 0 Å². The molecule has 6 heteroatoms. The molecular weight excluding hydrogens is 352 g/mol. The van der Waals surface area contributed by atoms with E-state index in [2.05, 4.69) is 18.0 Å². The zero-order valence-electron chi connectivity index (χ0n) is 17.8. The maximum Gasteiger partial charge on any atom is 0.345 e. The molecule has 28 heavy (non-hydrogen) atoms. The molecule has 1 heterocycles. The Labute approximate surface area is 169 Å². The summed E-state index contributed by atoms with van der Waals surface area (Å²) in [5.74, 6) is 1.94. The molecule has 0 saturated carbocycles. The standard InChI is InChI=1S/C22H36N4O2/c1-16-14-19(8-7-18(16)15-23)28-13-5-6-17-9-11-26(12-10-17)21(27)25-20(24)22(2,3)4/h7-8,14,17H,5-6,9-13,15,23H2,1-4H3,(H2,24,25,27). The van der Waals surface area contributed by atoms with Gasteiger partial charge in [0.1, 0.15) is 11.6 Å². The van der Waals surface area contributed by atoms with Crippen molar-refractivity contribution in [3.05, 3.63) is 29.3 Å². The normalized spacial score (nSPS) is 16.3. The van der Waals surface area contributed by atoms with Gasteiger partial charge in [0.05, 0.1) is 6.61 Å². The fourth-order valence-electron chi connectivity index (χ4n) is 3.30. The van der Waals surface area contributed by atoms with Crippen LogP contribution < -0.4 is 16.2 Å². The first-order valence-electron chi connectivity index (χ1n) is 10.3. The van der Waals surface area contributed by atoms with Crippen LogP contribution >= 0.6 is 0 Å². The summed E-state index contributed by atoms with van der Waals surface area (Å²) in [4.78, 5) is 18.2. The van der Waals surface area contributed by atoms with Crippen molar-refractivity contribution in [2.45, 2.75) is 59.9 Å². The highest BCUT2D eigenvalue weighted by Crippen LogP contribution is 2.23. The predicted octanol–water partition coefficient (Wildman–Crippen LogP) is 3.85. The lowest BCUT2D eigenvalue weighted by Gasteiger charge is -2.31. The van der Waals surface area contributed by atoms with Crippen LogP contribution in [0.15, 0.2) is 23.2 Å². The van der Waals surface area contributed by atoms with E-state index < -0.39 is 0 Å². The van der Waals surface area contributed by atoms with Gasteiger partial charge in [-0.2, -0.15) is 4.99 Å². The minimum Gasteiger partial charge on any atom is -0.494 e. The number of nitrogens with two attached hydrogens (primary N) is 2. The molecule has 1 aliphatic heterocycles. The molecular formula is C22H36N4O2. The van der Waals surface area contributed by atoms with Crippen molar-refractivity contribution < 1.29 is 9.53 Å². The monoisotopic (exact) mass is 388 g/mol. The Morgan fingerprint density at radius 3 is 2.54 bits per heavy atom. The first-order chi connectivity index (χ1) is 13.2. The number of amides is 2. The molecule has 1 saturated heterocycles. The minimum absolute atomic E-state index is 0.203. The van der Waals surface area contributed by atoms with Crippen molar-refractivity contribution in [3.63, 3.8) is 0 Å². The number of ether oxygens (including phenoxy) is 1. The SMILES string of the molecule is Cc1cc(OCCCC2CCN(C(=O)/N=C(\N)C(C)(C)C)CC2)ccc1CN. The molecule has 1 aliphatic rings. The second-order valence-electron chi connectivity index (χ2n) is 8.74. The number of urea groups is 1. The lowest BCUT2D eigenvalue weighted by Crippen LogP contribution is -2.39. The third-order valence-electron chi connectivity index (χ3n) is 5.43. The smallest absolute Gasteiger partial charge is 0.345 e. The molecule has 0 atom stereocenters. The number of rotatable bonds is 6. The quantitative estimate of drug-likeness (QED) is 0.440. The average Bonchev–Trinajstić information content (AvgIpc) is 2.65. The van der Waals surface area contributed by atoms with Crippen LogP contribution in [0.1, 0.15) is 57.6 Å². The van der Waals surface area contributed by atoms with Crippen molar-refractivity contribution >= 4 is 11.9 Å². The van der Waals surface area contributed by atoms with Crippen molar-refractivity contribution in [2.24, 2.45) is 27.8 Å². The molecule has 1 aromatic rings. The van der Waals surface area contributed by atoms with Gasteiger partial charge >= 0.3 is 6.03 Å². The summed E-state index contributed by atoms with van der Waals surface area (Å²) in [5, 5.41) is 0. The molecule has 0 spiro atoms. The fourth-order valence-corrected chi connectivity index (χ4v) is 3.30. The van der Waals surface area contributed by atoms with Crippen LogP contribution in [0.5, 0.6) is 5.75 Å². The molecule has 4 N–H and O–H groups in total. The van der Waals surface area contributed by atoms with Crippen LogP contribution in [-0.4, -0.2) is 36.5 Å². The lowest BCUT2D eigenvalue weighted by molar-refractivity contribution is 0.172. The van der Waals surface area contributed by atoms with Gasteiger partial charge in [0.25, 0.3) is 0 Å². The van der Waals surface area contributed by atoms with E-state index in [1.807, 2.05) is 37.8 Å². The summed E-state index contributed by atoms with van der Waals surface area (Å²) < 4.78 is 5.88. The highest BCUT2D eigenvalue weighted by atomic mass is 16.5. The predicted molar refractivity (Wildman–Crippen MR) is 115 cm³/mol. The van der Waals surface area contributed by atoms with E-state index in [1.165, 1.54) is 5.56 Å². The number of hydrogen-bond acceptors (Lipinski definition) is 3. The molecule has 156 valence electrons. The molecule has 0 unspecified atom stereocenters. The lowest BCUT2D eigenvalue weighted by atomic mass is 9.92. The Morgan fingerprint density at radius 2 is 1.96 bits per heavy atom. The molecule has 0 bridgehead atoms. The number of aliphatic imine (C=N–C) groups is 1. The van der Waals surface area contributed by atoms with Crippen molar-refractivity contribution in [1.29, 1.82) is 0 Å². The maximum atomic E-state index is 12.3. The second kappa shape index (κ2) is 9.92. The fraction of sp³-hybridized carbons (Fsp3) is 0.636. The van der Waals surface area contributed by atoms with Crippen LogP contribution in [0, 0.1) is 18.3 Å². The summed E-state index contributed by atoms with van der Waals surface area (Å²) in [6.07, 6.45) is 4.17. The van der Waals surface area contributed by atoms with Gasteiger partial charge in [-0.1, -0.05) is 26.8 Å². The summed E-state index contributed by atoms with van der Waals surface area (Å²) in [5.41, 5.74) is 13.7. The van der Waals surface area contributed by atoms with Gasteiger partial charge in [-0.05, 0) is 61.8 Å². The van der Waals surface area contributed by atoms with E-state index in [9.17, 15) is 4.79 Å². The van der Waals surface area contributed by atoms with E-state index in [-0.39, 0.29) is 11.4 Å². The van der Waals surface area contributed by atoms with Crippen LogP contribution in [0.2, 0.25) is 0 Å². The van der Waals surface area contributed by atoms with Crippen LogP contribution in [-0.2, 0) is 6.54 Å². The molecule has 2 rings (SSSR count). The van der Waals surface area contributed by atoms with Crippen molar-refractivity contribution in [2.75, 3.05) is 19.7 Å². The summed E-state index contributed by atoms with van der Waals surface area (Å²) >= 11 is 0. The van der Waals surface area contributed by atoms with Crippen LogP contribution in [0.4, 0.5) is 4.79 Å².